The normalized spacial score (nSPS) is 14.2. The highest BCUT2D eigenvalue weighted by atomic mass is 35.5. The zero-order valence-corrected chi connectivity index (χ0v) is 16.5. The van der Waals surface area contributed by atoms with Crippen LogP contribution in [0.5, 0.6) is 5.75 Å². The summed E-state index contributed by atoms with van der Waals surface area (Å²) in [6.45, 7) is 5.79. The third-order valence-corrected chi connectivity index (χ3v) is 4.72. The van der Waals surface area contributed by atoms with Crippen LogP contribution in [0.1, 0.15) is 34.6 Å². The first-order valence-electron chi connectivity index (χ1n) is 9.07. The number of carboxylic acids is 1. The molecule has 1 amide bonds. The van der Waals surface area contributed by atoms with Gasteiger partial charge in [-0.25, -0.2) is 4.79 Å². The third kappa shape index (κ3) is 4.46. The summed E-state index contributed by atoms with van der Waals surface area (Å²) in [5, 5.41) is 9.83. The quantitative estimate of drug-likeness (QED) is 0.817. The van der Waals surface area contributed by atoms with Gasteiger partial charge in [0.25, 0.3) is 5.91 Å². The van der Waals surface area contributed by atoms with Crippen LogP contribution in [0.3, 0.4) is 0 Å². The molecule has 0 spiro atoms. The minimum absolute atomic E-state index is 0.0794. The lowest BCUT2D eigenvalue weighted by Crippen LogP contribution is -2.40. The molecule has 1 aliphatic heterocycles. The Hall–Kier alpha value is -2.57. The van der Waals surface area contributed by atoms with Crippen molar-refractivity contribution in [2.24, 2.45) is 0 Å². The molecule has 1 saturated heterocycles. The minimum atomic E-state index is -1.07. The molecule has 1 N–H and O–H groups in total. The zero-order valence-electron chi connectivity index (χ0n) is 15.8. The van der Waals surface area contributed by atoms with Gasteiger partial charge in [0, 0.05) is 13.1 Å². The van der Waals surface area contributed by atoms with Gasteiger partial charge in [0.15, 0.2) is 0 Å². The first kappa shape index (κ1) is 20.2. The van der Waals surface area contributed by atoms with Gasteiger partial charge in [-0.2, -0.15) is 0 Å². The number of amides is 1. The summed E-state index contributed by atoms with van der Waals surface area (Å²) in [7, 11) is 0. The molecule has 0 saturated carbocycles. The van der Waals surface area contributed by atoms with Gasteiger partial charge in [-0.1, -0.05) is 23.7 Å². The third-order valence-electron chi connectivity index (χ3n) is 4.40. The summed E-state index contributed by atoms with van der Waals surface area (Å²) >= 11 is 6.38. The van der Waals surface area contributed by atoms with Crippen LogP contribution >= 0.6 is 11.6 Å². The molecule has 1 heterocycles. The number of rotatable bonds is 5. The number of morpholine rings is 1. The van der Waals surface area contributed by atoms with E-state index < -0.39 is 5.97 Å². The summed E-state index contributed by atoms with van der Waals surface area (Å²) in [4.78, 5) is 26.0. The Labute approximate surface area is 168 Å². The molecule has 1 fully saturated rings. The number of ether oxygens (including phenoxy) is 2. The van der Waals surface area contributed by atoms with Crippen molar-refractivity contribution < 1.29 is 24.2 Å². The fraction of sp³-hybridized carbons (Fsp3) is 0.333. The predicted octanol–water partition coefficient (Wildman–Crippen LogP) is 3.96. The van der Waals surface area contributed by atoms with Crippen LogP contribution in [0.15, 0.2) is 36.4 Å². The maximum absolute atomic E-state index is 12.7. The van der Waals surface area contributed by atoms with Gasteiger partial charge in [-0.05, 0) is 49.2 Å². The van der Waals surface area contributed by atoms with E-state index in [9.17, 15) is 14.7 Å². The van der Waals surface area contributed by atoms with E-state index >= 15 is 0 Å². The summed E-state index contributed by atoms with van der Waals surface area (Å²) in [5.74, 6) is -0.883. The molecular weight excluding hydrogens is 382 g/mol. The number of carbonyl (C=O) groups excluding carboxylic acids is 1. The number of aromatic carboxylic acids is 1. The first-order valence-corrected chi connectivity index (χ1v) is 9.45. The Morgan fingerprint density at radius 1 is 1.07 bits per heavy atom. The Balaban J connectivity index is 1.90. The number of nitrogens with zero attached hydrogens (tertiary/aromatic N) is 1. The van der Waals surface area contributed by atoms with Crippen LogP contribution in [0.4, 0.5) is 0 Å². The lowest BCUT2D eigenvalue weighted by molar-refractivity contribution is 0.0303. The van der Waals surface area contributed by atoms with E-state index in [4.69, 9.17) is 21.1 Å². The Morgan fingerprint density at radius 3 is 2.32 bits per heavy atom. The minimum Gasteiger partial charge on any atom is -0.490 e. The van der Waals surface area contributed by atoms with Crippen molar-refractivity contribution in [3.05, 3.63) is 52.5 Å². The van der Waals surface area contributed by atoms with Crippen LogP contribution in [-0.2, 0) is 4.74 Å². The average Bonchev–Trinajstić information content (AvgIpc) is 2.67. The molecule has 6 nitrogen and oxygen atoms in total. The van der Waals surface area contributed by atoms with E-state index in [1.54, 1.807) is 41.3 Å². The molecule has 2 aromatic rings. The lowest BCUT2D eigenvalue weighted by Gasteiger charge is -2.27. The molecule has 1 aliphatic rings. The summed E-state index contributed by atoms with van der Waals surface area (Å²) in [5.41, 5.74) is 1.91. The second kappa shape index (κ2) is 8.63. The average molecular weight is 404 g/mol. The largest absolute Gasteiger partial charge is 0.490 e. The van der Waals surface area contributed by atoms with Gasteiger partial charge >= 0.3 is 5.97 Å². The Kier molecular flexibility index (Phi) is 6.21. The highest BCUT2D eigenvalue weighted by molar-refractivity contribution is 6.34. The summed E-state index contributed by atoms with van der Waals surface area (Å²) in [6, 6.07) is 10.1. The maximum atomic E-state index is 12.7. The fourth-order valence-corrected chi connectivity index (χ4v) is 3.30. The number of halogens is 1. The van der Waals surface area contributed by atoms with Gasteiger partial charge in [0.05, 0.1) is 29.9 Å². The molecular formula is C21H22ClNO5. The Morgan fingerprint density at radius 2 is 1.71 bits per heavy atom. The molecule has 0 aromatic heterocycles. The molecule has 3 rings (SSSR count). The highest BCUT2D eigenvalue weighted by Gasteiger charge is 2.21. The van der Waals surface area contributed by atoms with Gasteiger partial charge in [-0.3, -0.25) is 4.79 Å². The topological polar surface area (TPSA) is 76.1 Å². The van der Waals surface area contributed by atoms with Crippen molar-refractivity contribution in [1.82, 2.24) is 4.90 Å². The second-order valence-corrected chi connectivity index (χ2v) is 7.19. The number of hydrogen-bond donors (Lipinski definition) is 1. The van der Waals surface area contributed by atoms with Crippen LogP contribution < -0.4 is 4.74 Å². The van der Waals surface area contributed by atoms with E-state index in [0.29, 0.717) is 48.2 Å². The van der Waals surface area contributed by atoms with E-state index in [1.807, 2.05) is 13.8 Å². The van der Waals surface area contributed by atoms with E-state index in [0.717, 1.165) is 5.56 Å². The van der Waals surface area contributed by atoms with E-state index in [-0.39, 0.29) is 17.6 Å². The standard InChI is InChI=1S/C21H22ClNO5/c1-13(2)28-19-6-4-14(11-17(19)21(25)26)15-3-5-16(18(22)12-15)20(24)23-7-9-27-10-8-23/h3-6,11-13H,7-10H2,1-2H3,(H,25,26). The number of hydrogen-bond acceptors (Lipinski definition) is 4. The molecule has 0 bridgehead atoms. The summed E-state index contributed by atoms with van der Waals surface area (Å²) in [6.07, 6.45) is -0.135. The van der Waals surface area contributed by atoms with Gasteiger partial charge in [0.1, 0.15) is 11.3 Å². The molecule has 0 aliphatic carbocycles. The number of carbonyl (C=O) groups is 2. The Bertz CT molecular complexity index is 890. The van der Waals surface area contributed by atoms with Crippen molar-refractivity contribution in [1.29, 1.82) is 0 Å². The molecule has 0 radical (unpaired) electrons. The van der Waals surface area contributed by atoms with E-state index in [1.165, 1.54) is 0 Å². The van der Waals surface area contributed by atoms with Crippen molar-refractivity contribution in [3.8, 4) is 16.9 Å². The molecule has 2 aromatic carbocycles. The van der Waals surface area contributed by atoms with Crippen LogP contribution in [0.25, 0.3) is 11.1 Å². The molecule has 7 heteroatoms. The fourth-order valence-electron chi connectivity index (χ4n) is 3.04. The van der Waals surface area contributed by atoms with Gasteiger partial charge in [0.2, 0.25) is 0 Å². The zero-order chi connectivity index (χ0) is 20.3. The van der Waals surface area contributed by atoms with E-state index in [2.05, 4.69) is 0 Å². The van der Waals surface area contributed by atoms with Crippen molar-refractivity contribution in [3.63, 3.8) is 0 Å². The van der Waals surface area contributed by atoms with Gasteiger partial charge < -0.3 is 19.5 Å². The molecule has 28 heavy (non-hydrogen) atoms. The number of carboxylic acid groups (broad SMARTS) is 1. The predicted molar refractivity (Wildman–Crippen MR) is 106 cm³/mol. The van der Waals surface area contributed by atoms with Crippen LogP contribution in [-0.4, -0.2) is 54.3 Å². The molecule has 0 unspecified atom stereocenters. The van der Waals surface area contributed by atoms with Crippen molar-refractivity contribution in [2.75, 3.05) is 26.3 Å². The SMILES string of the molecule is CC(C)Oc1ccc(-c2ccc(C(=O)N3CCOCC3)c(Cl)c2)cc1C(=O)O. The molecule has 0 atom stereocenters. The van der Waals surface area contributed by atoms with Gasteiger partial charge in [-0.15, -0.1) is 0 Å². The summed E-state index contributed by atoms with van der Waals surface area (Å²) < 4.78 is 10.8. The highest BCUT2D eigenvalue weighted by Crippen LogP contribution is 2.31. The maximum Gasteiger partial charge on any atom is 0.339 e. The second-order valence-electron chi connectivity index (χ2n) is 6.78. The smallest absolute Gasteiger partial charge is 0.339 e. The number of benzene rings is 2. The van der Waals surface area contributed by atoms with Crippen molar-refractivity contribution in [2.45, 2.75) is 20.0 Å². The van der Waals surface area contributed by atoms with Crippen LogP contribution in [0, 0.1) is 0 Å². The molecule has 148 valence electrons. The monoisotopic (exact) mass is 403 g/mol. The lowest BCUT2D eigenvalue weighted by atomic mass is 10.0. The van der Waals surface area contributed by atoms with Crippen molar-refractivity contribution >= 4 is 23.5 Å². The first-order chi connectivity index (χ1) is 13.4. The van der Waals surface area contributed by atoms with Crippen LogP contribution in [0.2, 0.25) is 5.02 Å².